The molecule has 3 heteroatoms. The molecular weight excluding hydrogens is 266 g/mol. The van der Waals surface area contributed by atoms with E-state index in [1.807, 2.05) is 30.3 Å². The second kappa shape index (κ2) is 5.70. The summed E-state index contributed by atoms with van der Waals surface area (Å²) in [6, 6.07) is 16.3. The van der Waals surface area contributed by atoms with Crippen LogP contribution in [0.1, 0.15) is 34.8 Å². The molecule has 1 atom stereocenters. The van der Waals surface area contributed by atoms with Crippen LogP contribution in [0.4, 0.5) is 0 Å². The number of thioether (sulfide) groups is 1. The number of aliphatic hydroxyl groups is 1. The van der Waals surface area contributed by atoms with Gasteiger partial charge < -0.3 is 5.11 Å². The maximum absolute atomic E-state index is 9.99. The highest BCUT2D eigenvalue weighted by Crippen LogP contribution is 2.39. The number of fused-ring (bicyclic) bond motifs is 1. The second-order valence-corrected chi connectivity index (χ2v) is 6.00. The topological polar surface area (TPSA) is 44.0 Å². The van der Waals surface area contributed by atoms with Gasteiger partial charge in [-0.15, -0.1) is 11.8 Å². The Morgan fingerprint density at radius 1 is 1.25 bits per heavy atom. The summed E-state index contributed by atoms with van der Waals surface area (Å²) in [7, 11) is 0. The van der Waals surface area contributed by atoms with Gasteiger partial charge in [-0.25, -0.2) is 0 Å². The van der Waals surface area contributed by atoms with Crippen molar-refractivity contribution in [3.8, 4) is 6.07 Å². The number of nitriles is 1. The zero-order chi connectivity index (χ0) is 13.9. The van der Waals surface area contributed by atoms with E-state index in [0.29, 0.717) is 5.56 Å². The van der Waals surface area contributed by atoms with Gasteiger partial charge in [0.1, 0.15) is 0 Å². The first-order valence-electron chi connectivity index (χ1n) is 6.69. The van der Waals surface area contributed by atoms with Gasteiger partial charge in [0, 0.05) is 10.6 Å². The van der Waals surface area contributed by atoms with E-state index in [2.05, 4.69) is 18.2 Å². The van der Waals surface area contributed by atoms with E-state index in [9.17, 15) is 5.11 Å². The van der Waals surface area contributed by atoms with Crippen LogP contribution in [0.15, 0.2) is 47.4 Å². The highest BCUT2D eigenvalue weighted by atomic mass is 32.2. The molecule has 0 saturated heterocycles. The van der Waals surface area contributed by atoms with Crippen molar-refractivity contribution < 1.29 is 5.11 Å². The predicted octanol–water partition coefficient (Wildman–Crippen LogP) is 3.83. The van der Waals surface area contributed by atoms with Gasteiger partial charge in [-0.3, -0.25) is 0 Å². The summed E-state index contributed by atoms with van der Waals surface area (Å²) in [5.74, 6) is 0.887. The lowest BCUT2D eigenvalue weighted by molar-refractivity contribution is 0.180. The molecule has 2 aromatic carbocycles. The van der Waals surface area contributed by atoms with Gasteiger partial charge in [-0.2, -0.15) is 5.26 Å². The highest BCUT2D eigenvalue weighted by Gasteiger charge is 2.23. The van der Waals surface area contributed by atoms with E-state index in [1.165, 1.54) is 11.1 Å². The molecule has 1 unspecified atom stereocenters. The lowest BCUT2D eigenvalue weighted by Gasteiger charge is -2.10. The van der Waals surface area contributed by atoms with E-state index >= 15 is 0 Å². The zero-order valence-electron chi connectivity index (χ0n) is 11.0. The standard InChI is InChI=1S/C17H15NOS/c18-10-13-8-15-14(6-7-16(15)19)17(9-13)20-11-12-4-2-1-3-5-12/h1-5,8-9,16,19H,6-7,11H2. The van der Waals surface area contributed by atoms with Crippen LogP contribution in [0, 0.1) is 11.3 Å². The zero-order valence-corrected chi connectivity index (χ0v) is 11.9. The summed E-state index contributed by atoms with van der Waals surface area (Å²) in [4.78, 5) is 1.14. The molecule has 2 aromatic rings. The lowest BCUT2D eigenvalue weighted by atomic mass is 10.1. The van der Waals surface area contributed by atoms with Gasteiger partial charge >= 0.3 is 0 Å². The van der Waals surface area contributed by atoms with E-state index in [4.69, 9.17) is 5.26 Å². The number of benzene rings is 2. The quantitative estimate of drug-likeness (QED) is 0.870. The summed E-state index contributed by atoms with van der Waals surface area (Å²) < 4.78 is 0. The van der Waals surface area contributed by atoms with E-state index in [0.717, 1.165) is 29.1 Å². The molecule has 0 radical (unpaired) electrons. The average molecular weight is 281 g/mol. The number of hydrogen-bond donors (Lipinski definition) is 1. The van der Waals surface area contributed by atoms with E-state index in [1.54, 1.807) is 11.8 Å². The number of rotatable bonds is 3. The van der Waals surface area contributed by atoms with Crippen molar-refractivity contribution in [2.75, 3.05) is 0 Å². The van der Waals surface area contributed by atoms with Crippen LogP contribution in [0.25, 0.3) is 0 Å². The third kappa shape index (κ3) is 2.58. The van der Waals surface area contributed by atoms with E-state index in [-0.39, 0.29) is 0 Å². The fourth-order valence-corrected chi connectivity index (χ4v) is 3.72. The molecule has 20 heavy (non-hydrogen) atoms. The van der Waals surface area contributed by atoms with Gasteiger partial charge in [0.25, 0.3) is 0 Å². The Bertz CT molecular complexity index is 661. The third-order valence-electron chi connectivity index (χ3n) is 3.64. The molecular formula is C17H15NOS. The Morgan fingerprint density at radius 2 is 2.05 bits per heavy atom. The fourth-order valence-electron chi connectivity index (χ4n) is 2.60. The average Bonchev–Trinajstić information content (AvgIpc) is 2.87. The monoisotopic (exact) mass is 281 g/mol. The number of hydrogen-bond acceptors (Lipinski definition) is 3. The number of aliphatic hydroxyl groups excluding tert-OH is 1. The summed E-state index contributed by atoms with van der Waals surface area (Å²) in [6.07, 6.45) is 1.26. The summed E-state index contributed by atoms with van der Waals surface area (Å²) in [5.41, 5.74) is 4.07. The molecule has 0 aliphatic heterocycles. The first kappa shape index (κ1) is 13.2. The summed E-state index contributed by atoms with van der Waals surface area (Å²) in [5, 5.41) is 19.1. The minimum Gasteiger partial charge on any atom is -0.388 e. The Hall–Kier alpha value is -1.76. The first-order valence-corrected chi connectivity index (χ1v) is 7.68. The van der Waals surface area contributed by atoms with Gasteiger partial charge in [-0.05, 0) is 41.7 Å². The molecule has 0 aromatic heterocycles. The molecule has 0 heterocycles. The van der Waals surface area contributed by atoms with Crippen molar-refractivity contribution in [1.29, 1.82) is 5.26 Å². The molecule has 1 aliphatic carbocycles. The predicted molar refractivity (Wildman–Crippen MR) is 80.4 cm³/mol. The van der Waals surface area contributed by atoms with Crippen LogP contribution in [-0.2, 0) is 12.2 Å². The maximum Gasteiger partial charge on any atom is 0.0992 e. The van der Waals surface area contributed by atoms with Crippen LogP contribution in [0.2, 0.25) is 0 Å². The molecule has 3 rings (SSSR count). The van der Waals surface area contributed by atoms with Crippen LogP contribution in [-0.4, -0.2) is 5.11 Å². The summed E-state index contributed by atoms with van der Waals surface area (Å²) >= 11 is 1.75. The normalized spacial score (nSPS) is 16.7. The van der Waals surface area contributed by atoms with Gasteiger partial charge in [0.05, 0.1) is 17.7 Å². The second-order valence-electron chi connectivity index (χ2n) is 4.98. The summed E-state index contributed by atoms with van der Waals surface area (Å²) in [6.45, 7) is 0. The van der Waals surface area contributed by atoms with Crippen LogP contribution in [0.5, 0.6) is 0 Å². The van der Waals surface area contributed by atoms with Crippen molar-refractivity contribution in [3.63, 3.8) is 0 Å². The van der Waals surface area contributed by atoms with Crippen molar-refractivity contribution in [1.82, 2.24) is 0 Å². The molecule has 0 saturated carbocycles. The van der Waals surface area contributed by atoms with Crippen LogP contribution >= 0.6 is 11.8 Å². The molecule has 0 fully saturated rings. The molecule has 0 bridgehead atoms. The third-order valence-corrected chi connectivity index (χ3v) is 4.79. The SMILES string of the molecule is N#Cc1cc(SCc2ccccc2)c2c(c1)C(O)CC2. The molecule has 100 valence electrons. The Morgan fingerprint density at radius 3 is 2.80 bits per heavy atom. The Labute approximate surface area is 123 Å². The maximum atomic E-state index is 9.99. The minimum atomic E-state index is -0.408. The first-order chi connectivity index (χ1) is 9.78. The van der Waals surface area contributed by atoms with Gasteiger partial charge in [0.2, 0.25) is 0 Å². The van der Waals surface area contributed by atoms with Crippen molar-refractivity contribution in [2.24, 2.45) is 0 Å². The number of nitrogens with zero attached hydrogens (tertiary/aromatic N) is 1. The van der Waals surface area contributed by atoms with Crippen molar-refractivity contribution >= 4 is 11.8 Å². The van der Waals surface area contributed by atoms with Crippen LogP contribution in [0.3, 0.4) is 0 Å². The van der Waals surface area contributed by atoms with Gasteiger partial charge in [-0.1, -0.05) is 30.3 Å². The Balaban J connectivity index is 1.88. The smallest absolute Gasteiger partial charge is 0.0992 e. The lowest BCUT2D eigenvalue weighted by Crippen LogP contribution is -1.93. The molecule has 1 N–H and O–H groups in total. The molecule has 0 amide bonds. The molecule has 1 aliphatic rings. The highest BCUT2D eigenvalue weighted by molar-refractivity contribution is 7.98. The molecule has 0 spiro atoms. The van der Waals surface area contributed by atoms with Crippen molar-refractivity contribution in [2.45, 2.75) is 29.6 Å². The largest absolute Gasteiger partial charge is 0.388 e. The van der Waals surface area contributed by atoms with Gasteiger partial charge in [0.15, 0.2) is 0 Å². The van der Waals surface area contributed by atoms with Crippen LogP contribution < -0.4 is 0 Å². The van der Waals surface area contributed by atoms with E-state index < -0.39 is 6.10 Å². The fraction of sp³-hybridized carbons (Fsp3) is 0.235. The molecule has 2 nitrogen and oxygen atoms in total. The van der Waals surface area contributed by atoms with Crippen molar-refractivity contribution in [3.05, 3.63) is 64.7 Å². The Kier molecular flexibility index (Phi) is 3.77. The minimum absolute atomic E-state index is 0.408.